The van der Waals surface area contributed by atoms with E-state index >= 15 is 0 Å². The van der Waals surface area contributed by atoms with Crippen molar-refractivity contribution in [1.29, 1.82) is 0 Å². The average molecular weight is 316 g/mol. The fourth-order valence-electron chi connectivity index (χ4n) is 2.70. The van der Waals surface area contributed by atoms with Crippen LogP contribution in [-0.4, -0.2) is 49.5 Å². The molecule has 1 aromatic rings. The van der Waals surface area contributed by atoms with Crippen molar-refractivity contribution < 1.29 is 4.79 Å². The fourth-order valence-corrected chi connectivity index (χ4v) is 2.70. The highest BCUT2D eigenvalue weighted by molar-refractivity contribution is 5.85. The molecule has 1 fully saturated rings. The molecule has 1 aliphatic rings. The van der Waals surface area contributed by atoms with E-state index in [4.69, 9.17) is 0 Å². The van der Waals surface area contributed by atoms with Gasteiger partial charge in [-0.3, -0.25) is 4.79 Å². The zero-order chi connectivity index (χ0) is 16.3. The topological polar surface area (TPSA) is 56.7 Å². The number of benzene rings is 1. The molecule has 1 aromatic carbocycles. The van der Waals surface area contributed by atoms with E-state index in [1.807, 2.05) is 17.9 Å². The lowest BCUT2D eigenvalue weighted by Crippen LogP contribution is -2.39. The second-order valence-corrected chi connectivity index (χ2v) is 5.80. The van der Waals surface area contributed by atoms with Crippen molar-refractivity contribution in [1.82, 2.24) is 15.5 Å². The Hall–Kier alpha value is -2.04. The molecule has 0 atom stereocenters. The van der Waals surface area contributed by atoms with E-state index in [1.165, 1.54) is 5.56 Å². The van der Waals surface area contributed by atoms with Crippen LogP contribution in [0.15, 0.2) is 35.3 Å². The quantitative estimate of drug-likeness (QED) is 0.458. The SMILES string of the molecule is CCNC(=NCC(=O)N1CCCC1)NCCCc1ccccc1. The summed E-state index contributed by atoms with van der Waals surface area (Å²) in [5, 5.41) is 6.50. The minimum Gasteiger partial charge on any atom is -0.357 e. The molecular weight excluding hydrogens is 288 g/mol. The molecule has 1 heterocycles. The molecular formula is C18H28N4O. The summed E-state index contributed by atoms with van der Waals surface area (Å²) in [5.41, 5.74) is 1.35. The van der Waals surface area contributed by atoms with Gasteiger partial charge >= 0.3 is 0 Å². The van der Waals surface area contributed by atoms with Crippen molar-refractivity contribution in [2.45, 2.75) is 32.6 Å². The van der Waals surface area contributed by atoms with Crippen LogP contribution in [0, 0.1) is 0 Å². The number of nitrogens with zero attached hydrogens (tertiary/aromatic N) is 2. The number of nitrogens with one attached hydrogen (secondary N) is 2. The van der Waals surface area contributed by atoms with Gasteiger partial charge in [0.2, 0.25) is 5.91 Å². The van der Waals surface area contributed by atoms with Crippen molar-refractivity contribution in [2.24, 2.45) is 4.99 Å². The van der Waals surface area contributed by atoms with Gasteiger partial charge in [-0.15, -0.1) is 0 Å². The number of hydrogen-bond donors (Lipinski definition) is 2. The van der Waals surface area contributed by atoms with Crippen LogP contribution >= 0.6 is 0 Å². The largest absolute Gasteiger partial charge is 0.357 e. The van der Waals surface area contributed by atoms with Gasteiger partial charge in [0.05, 0.1) is 0 Å². The first-order valence-electron chi connectivity index (χ1n) is 8.63. The van der Waals surface area contributed by atoms with E-state index < -0.39 is 0 Å². The van der Waals surface area contributed by atoms with Gasteiger partial charge in [-0.1, -0.05) is 30.3 Å². The fraction of sp³-hybridized carbons (Fsp3) is 0.556. The summed E-state index contributed by atoms with van der Waals surface area (Å²) in [6.45, 7) is 5.67. The van der Waals surface area contributed by atoms with Gasteiger partial charge < -0.3 is 15.5 Å². The number of carbonyl (C=O) groups is 1. The third kappa shape index (κ3) is 6.30. The summed E-state index contributed by atoms with van der Waals surface area (Å²) in [5.74, 6) is 0.858. The van der Waals surface area contributed by atoms with Crippen LogP contribution in [0.25, 0.3) is 0 Å². The highest BCUT2D eigenvalue weighted by atomic mass is 16.2. The van der Waals surface area contributed by atoms with Crippen molar-refractivity contribution in [3.8, 4) is 0 Å². The third-order valence-electron chi connectivity index (χ3n) is 3.95. The Labute approximate surface area is 139 Å². The van der Waals surface area contributed by atoms with Gasteiger partial charge in [-0.2, -0.15) is 0 Å². The molecule has 0 aromatic heterocycles. The highest BCUT2D eigenvalue weighted by Gasteiger charge is 2.17. The predicted molar refractivity (Wildman–Crippen MR) is 94.6 cm³/mol. The Bertz CT molecular complexity index is 495. The van der Waals surface area contributed by atoms with E-state index in [0.29, 0.717) is 0 Å². The van der Waals surface area contributed by atoms with Crippen molar-refractivity contribution >= 4 is 11.9 Å². The molecule has 0 unspecified atom stereocenters. The van der Waals surface area contributed by atoms with E-state index in [2.05, 4.69) is 39.9 Å². The Morgan fingerprint density at radius 3 is 2.61 bits per heavy atom. The molecule has 0 aliphatic carbocycles. The van der Waals surface area contributed by atoms with Crippen LogP contribution in [-0.2, 0) is 11.2 Å². The molecule has 2 rings (SSSR count). The van der Waals surface area contributed by atoms with Crippen LogP contribution in [0.2, 0.25) is 0 Å². The molecule has 0 spiro atoms. The van der Waals surface area contributed by atoms with Crippen LogP contribution in [0.4, 0.5) is 0 Å². The highest BCUT2D eigenvalue weighted by Crippen LogP contribution is 2.07. The van der Waals surface area contributed by atoms with Crippen molar-refractivity contribution in [2.75, 3.05) is 32.7 Å². The van der Waals surface area contributed by atoms with Gasteiger partial charge in [-0.25, -0.2) is 4.99 Å². The second kappa shape index (κ2) is 9.87. The van der Waals surface area contributed by atoms with E-state index in [9.17, 15) is 4.79 Å². The number of amides is 1. The summed E-state index contributed by atoms with van der Waals surface area (Å²) in [6.07, 6.45) is 4.31. The van der Waals surface area contributed by atoms with Crippen LogP contribution in [0.1, 0.15) is 31.7 Å². The van der Waals surface area contributed by atoms with E-state index in [0.717, 1.165) is 57.8 Å². The molecule has 0 saturated carbocycles. The summed E-state index contributed by atoms with van der Waals surface area (Å²) in [6, 6.07) is 10.5. The molecule has 5 nitrogen and oxygen atoms in total. The van der Waals surface area contributed by atoms with E-state index in [-0.39, 0.29) is 12.5 Å². The molecule has 5 heteroatoms. The van der Waals surface area contributed by atoms with Crippen molar-refractivity contribution in [3.63, 3.8) is 0 Å². The maximum absolute atomic E-state index is 12.0. The number of aliphatic imine (C=N–C) groups is 1. The lowest BCUT2D eigenvalue weighted by Gasteiger charge is -2.15. The zero-order valence-electron chi connectivity index (χ0n) is 14.1. The number of carbonyl (C=O) groups excluding carboxylic acids is 1. The van der Waals surface area contributed by atoms with Crippen LogP contribution in [0.3, 0.4) is 0 Å². The summed E-state index contributed by atoms with van der Waals surface area (Å²) < 4.78 is 0. The molecule has 1 saturated heterocycles. The summed E-state index contributed by atoms with van der Waals surface area (Å²) in [7, 11) is 0. The Morgan fingerprint density at radius 2 is 1.91 bits per heavy atom. The minimum atomic E-state index is 0.129. The van der Waals surface area contributed by atoms with Crippen LogP contribution < -0.4 is 10.6 Å². The smallest absolute Gasteiger partial charge is 0.244 e. The predicted octanol–water partition coefficient (Wildman–Crippen LogP) is 1.80. The van der Waals surface area contributed by atoms with Crippen LogP contribution in [0.5, 0.6) is 0 Å². The first kappa shape index (κ1) is 17.3. The van der Waals surface area contributed by atoms with Gasteiger partial charge in [0, 0.05) is 26.2 Å². The Morgan fingerprint density at radius 1 is 1.17 bits per heavy atom. The minimum absolute atomic E-state index is 0.129. The average Bonchev–Trinajstić information content (AvgIpc) is 3.11. The molecule has 1 amide bonds. The second-order valence-electron chi connectivity index (χ2n) is 5.80. The van der Waals surface area contributed by atoms with E-state index in [1.54, 1.807) is 0 Å². The monoisotopic (exact) mass is 316 g/mol. The number of hydrogen-bond acceptors (Lipinski definition) is 2. The number of rotatable bonds is 7. The molecule has 23 heavy (non-hydrogen) atoms. The lowest BCUT2D eigenvalue weighted by molar-refractivity contribution is -0.128. The molecule has 1 aliphatic heterocycles. The van der Waals surface area contributed by atoms with Gasteiger partial charge in [0.1, 0.15) is 6.54 Å². The normalized spacial score (nSPS) is 14.8. The summed E-state index contributed by atoms with van der Waals surface area (Å²) >= 11 is 0. The number of guanidine groups is 1. The molecule has 2 N–H and O–H groups in total. The maximum Gasteiger partial charge on any atom is 0.244 e. The first-order chi connectivity index (χ1) is 11.3. The Kier molecular flexibility index (Phi) is 7.43. The zero-order valence-corrected chi connectivity index (χ0v) is 14.1. The van der Waals surface area contributed by atoms with Gasteiger partial charge in [0.25, 0.3) is 0 Å². The molecule has 0 bridgehead atoms. The Balaban J connectivity index is 1.71. The standard InChI is InChI=1S/C18H28N4O/c1-2-19-18(21-15-17(23)22-13-6-7-14-22)20-12-8-11-16-9-4-3-5-10-16/h3-5,9-10H,2,6-8,11-15H2,1H3,(H2,19,20,21). The number of likely N-dealkylation sites (tertiary alicyclic amines) is 1. The summed E-state index contributed by atoms with van der Waals surface area (Å²) in [4.78, 5) is 18.3. The third-order valence-corrected chi connectivity index (χ3v) is 3.95. The molecule has 0 radical (unpaired) electrons. The molecule has 126 valence electrons. The van der Waals surface area contributed by atoms with Gasteiger partial charge in [0.15, 0.2) is 5.96 Å². The first-order valence-corrected chi connectivity index (χ1v) is 8.63. The van der Waals surface area contributed by atoms with Gasteiger partial charge in [-0.05, 0) is 38.2 Å². The number of aryl methyl sites for hydroxylation is 1. The maximum atomic E-state index is 12.0. The lowest BCUT2D eigenvalue weighted by atomic mass is 10.1. The van der Waals surface area contributed by atoms with Crippen molar-refractivity contribution in [3.05, 3.63) is 35.9 Å².